The average molecular weight is 174 g/mol. The number of carbonyl (C=O) groups excluding carboxylic acids is 1. The van der Waals surface area contributed by atoms with Crippen LogP contribution in [0.5, 0.6) is 0 Å². The SMILES string of the molecule is CSCC(=O)NCCN=[N+]=[N-]. The van der Waals surface area contributed by atoms with Gasteiger partial charge in [-0.25, -0.2) is 0 Å². The number of nitrogens with one attached hydrogen (secondary N) is 1. The highest BCUT2D eigenvalue weighted by molar-refractivity contribution is 7.99. The minimum Gasteiger partial charge on any atom is -0.355 e. The first-order valence-corrected chi connectivity index (χ1v) is 4.47. The van der Waals surface area contributed by atoms with Gasteiger partial charge >= 0.3 is 0 Å². The van der Waals surface area contributed by atoms with E-state index in [2.05, 4.69) is 15.3 Å². The molecule has 0 aliphatic rings. The monoisotopic (exact) mass is 174 g/mol. The molecule has 0 heterocycles. The number of nitrogens with zero attached hydrogens (tertiary/aromatic N) is 3. The van der Waals surface area contributed by atoms with E-state index in [1.807, 2.05) is 6.26 Å². The van der Waals surface area contributed by atoms with Crippen LogP contribution in [0.4, 0.5) is 0 Å². The Balaban J connectivity index is 3.23. The van der Waals surface area contributed by atoms with Gasteiger partial charge in [-0.05, 0) is 11.8 Å². The third kappa shape index (κ3) is 7.02. The van der Waals surface area contributed by atoms with Crippen molar-refractivity contribution in [3.63, 3.8) is 0 Å². The Morgan fingerprint density at radius 3 is 3.09 bits per heavy atom. The van der Waals surface area contributed by atoms with Crippen LogP contribution in [0.2, 0.25) is 0 Å². The van der Waals surface area contributed by atoms with Gasteiger partial charge in [0.05, 0.1) is 5.75 Å². The standard InChI is InChI=1S/C5H10N4OS/c1-11-4-5(10)7-2-3-8-9-6/h2-4H2,1H3,(H,7,10). The number of rotatable bonds is 5. The summed E-state index contributed by atoms with van der Waals surface area (Å²) in [6, 6.07) is 0. The fourth-order valence-corrected chi connectivity index (χ4v) is 0.836. The van der Waals surface area contributed by atoms with Gasteiger partial charge < -0.3 is 5.32 Å². The lowest BCUT2D eigenvalue weighted by atomic mass is 10.6. The second kappa shape index (κ2) is 7.24. The molecule has 1 N–H and O–H groups in total. The second-order valence-electron chi connectivity index (χ2n) is 1.74. The van der Waals surface area contributed by atoms with Gasteiger partial charge in [0.1, 0.15) is 0 Å². The van der Waals surface area contributed by atoms with Crippen molar-refractivity contribution in [3.8, 4) is 0 Å². The van der Waals surface area contributed by atoms with E-state index in [1.165, 1.54) is 11.8 Å². The molecule has 5 nitrogen and oxygen atoms in total. The van der Waals surface area contributed by atoms with E-state index in [4.69, 9.17) is 5.53 Å². The second-order valence-corrected chi connectivity index (χ2v) is 2.60. The molecular formula is C5H10N4OS. The van der Waals surface area contributed by atoms with Crippen molar-refractivity contribution >= 4 is 17.7 Å². The minimum absolute atomic E-state index is 0.0226. The van der Waals surface area contributed by atoms with Crippen LogP contribution in [0.1, 0.15) is 0 Å². The fourth-order valence-electron chi connectivity index (χ4n) is 0.472. The predicted molar refractivity (Wildman–Crippen MR) is 45.4 cm³/mol. The van der Waals surface area contributed by atoms with Gasteiger partial charge in [0.15, 0.2) is 0 Å². The summed E-state index contributed by atoms with van der Waals surface area (Å²) in [4.78, 5) is 13.3. The molecule has 0 radical (unpaired) electrons. The van der Waals surface area contributed by atoms with Crippen molar-refractivity contribution in [3.05, 3.63) is 10.4 Å². The normalized spacial score (nSPS) is 8.45. The van der Waals surface area contributed by atoms with Crippen LogP contribution in [0, 0.1) is 0 Å². The number of thioether (sulfide) groups is 1. The highest BCUT2D eigenvalue weighted by Crippen LogP contribution is 1.88. The van der Waals surface area contributed by atoms with Crippen LogP contribution in [0.25, 0.3) is 10.4 Å². The maximum atomic E-state index is 10.7. The molecular weight excluding hydrogens is 164 g/mol. The molecule has 0 saturated heterocycles. The zero-order valence-electron chi connectivity index (χ0n) is 6.28. The van der Waals surface area contributed by atoms with Gasteiger partial charge in [0.2, 0.25) is 5.91 Å². The summed E-state index contributed by atoms with van der Waals surface area (Å²) in [5, 5.41) is 5.86. The van der Waals surface area contributed by atoms with Gasteiger partial charge in [0, 0.05) is 18.0 Å². The minimum atomic E-state index is -0.0226. The topological polar surface area (TPSA) is 77.9 Å². The maximum absolute atomic E-state index is 10.7. The van der Waals surface area contributed by atoms with Crippen molar-refractivity contribution < 1.29 is 4.79 Å². The Kier molecular flexibility index (Phi) is 6.67. The molecule has 0 aromatic heterocycles. The fraction of sp³-hybridized carbons (Fsp3) is 0.800. The number of hydrogen-bond donors (Lipinski definition) is 1. The molecule has 0 saturated carbocycles. The average Bonchev–Trinajstić information content (AvgIpc) is 1.99. The highest BCUT2D eigenvalue weighted by atomic mass is 32.2. The zero-order valence-corrected chi connectivity index (χ0v) is 7.10. The number of carbonyl (C=O) groups is 1. The van der Waals surface area contributed by atoms with Crippen molar-refractivity contribution in [1.29, 1.82) is 0 Å². The zero-order chi connectivity index (χ0) is 8.53. The molecule has 0 aromatic carbocycles. The first-order chi connectivity index (χ1) is 5.31. The van der Waals surface area contributed by atoms with Crippen molar-refractivity contribution in [1.82, 2.24) is 5.32 Å². The molecule has 0 spiro atoms. The molecule has 0 rings (SSSR count). The summed E-state index contributed by atoms with van der Waals surface area (Å²) in [5.41, 5.74) is 7.88. The van der Waals surface area contributed by atoms with Gasteiger partial charge in [0.25, 0.3) is 0 Å². The third-order valence-electron chi connectivity index (χ3n) is 0.873. The number of hydrogen-bond acceptors (Lipinski definition) is 3. The summed E-state index contributed by atoms with van der Waals surface area (Å²) < 4.78 is 0. The lowest BCUT2D eigenvalue weighted by Gasteiger charge is -1.99. The summed E-state index contributed by atoms with van der Waals surface area (Å²) >= 11 is 1.46. The van der Waals surface area contributed by atoms with Gasteiger partial charge in [-0.2, -0.15) is 11.8 Å². The third-order valence-corrected chi connectivity index (χ3v) is 1.42. The molecule has 0 atom stereocenters. The first kappa shape index (κ1) is 10.1. The van der Waals surface area contributed by atoms with Gasteiger partial charge in [-0.15, -0.1) is 0 Å². The maximum Gasteiger partial charge on any atom is 0.229 e. The van der Waals surface area contributed by atoms with Crippen molar-refractivity contribution in [2.75, 3.05) is 25.1 Å². The summed E-state index contributed by atoms with van der Waals surface area (Å²) in [6.07, 6.45) is 1.85. The van der Waals surface area contributed by atoms with Crippen molar-refractivity contribution in [2.24, 2.45) is 5.11 Å². The van der Waals surface area contributed by atoms with E-state index in [9.17, 15) is 4.79 Å². The summed E-state index contributed by atoms with van der Waals surface area (Å²) in [5.74, 6) is 0.432. The van der Waals surface area contributed by atoms with E-state index < -0.39 is 0 Å². The lowest BCUT2D eigenvalue weighted by molar-refractivity contribution is -0.118. The van der Waals surface area contributed by atoms with Crippen LogP contribution in [0.15, 0.2) is 5.11 Å². The summed E-state index contributed by atoms with van der Waals surface area (Å²) in [6.45, 7) is 0.736. The molecule has 11 heavy (non-hydrogen) atoms. The lowest BCUT2D eigenvalue weighted by Crippen LogP contribution is -2.27. The molecule has 0 aliphatic carbocycles. The first-order valence-electron chi connectivity index (χ1n) is 3.07. The van der Waals surface area contributed by atoms with Crippen LogP contribution in [0.3, 0.4) is 0 Å². The number of azide groups is 1. The molecule has 1 amide bonds. The Bertz CT molecular complexity index is 166. The van der Waals surface area contributed by atoms with E-state index in [-0.39, 0.29) is 5.91 Å². The molecule has 0 bridgehead atoms. The quantitative estimate of drug-likeness (QED) is 0.289. The summed E-state index contributed by atoms with van der Waals surface area (Å²) in [7, 11) is 0. The van der Waals surface area contributed by atoms with Crippen LogP contribution >= 0.6 is 11.8 Å². The van der Waals surface area contributed by atoms with Crippen LogP contribution < -0.4 is 5.32 Å². The van der Waals surface area contributed by atoms with Crippen LogP contribution in [-0.2, 0) is 4.79 Å². The van der Waals surface area contributed by atoms with Crippen LogP contribution in [-0.4, -0.2) is 31.0 Å². The number of amides is 1. The van der Waals surface area contributed by atoms with Gasteiger partial charge in [-0.1, -0.05) is 5.11 Å². The molecule has 0 aromatic rings. The van der Waals surface area contributed by atoms with E-state index in [0.29, 0.717) is 18.8 Å². The highest BCUT2D eigenvalue weighted by Gasteiger charge is 1.95. The van der Waals surface area contributed by atoms with Crippen molar-refractivity contribution in [2.45, 2.75) is 0 Å². The molecule has 0 aliphatic heterocycles. The Labute approximate surface area is 69.2 Å². The van der Waals surface area contributed by atoms with E-state index in [1.54, 1.807) is 0 Å². The van der Waals surface area contributed by atoms with E-state index >= 15 is 0 Å². The predicted octanol–water partition coefficient (Wildman–Crippen LogP) is 0.776. The molecule has 62 valence electrons. The Morgan fingerprint density at radius 2 is 2.55 bits per heavy atom. The largest absolute Gasteiger partial charge is 0.355 e. The van der Waals surface area contributed by atoms with E-state index in [0.717, 1.165) is 0 Å². The Morgan fingerprint density at radius 1 is 1.82 bits per heavy atom. The molecule has 0 unspecified atom stereocenters. The Hall–Kier alpha value is -0.870. The molecule has 0 fully saturated rings. The smallest absolute Gasteiger partial charge is 0.229 e. The molecule has 6 heteroatoms. The van der Waals surface area contributed by atoms with Gasteiger partial charge in [-0.3, -0.25) is 4.79 Å².